The Morgan fingerprint density at radius 3 is 1.47 bits per heavy atom. The van der Waals surface area contributed by atoms with Crippen LogP contribution in [-0.4, -0.2) is 0 Å². The fraction of sp³-hybridized carbons (Fsp3) is 0.0333. The Bertz CT molecular complexity index is 3360. The summed E-state index contributed by atoms with van der Waals surface area (Å²) in [5.74, 6) is 1.78. The summed E-state index contributed by atoms with van der Waals surface area (Å²) >= 11 is 0. The quantitative estimate of drug-likeness (QED) is 0.172. The first-order valence-electron chi connectivity index (χ1n) is 21.5. The van der Waals surface area contributed by atoms with Crippen LogP contribution in [-0.2, 0) is 10.8 Å². The van der Waals surface area contributed by atoms with Crippen LogP contribution < -0.4 is 9.64 Å². The fourth-order valence-electron chi connectivity index (χ4n) is 11.4. The molecular weight excluding hydrogens is 751 g/mol. The van der Waals surface area contributed by atoms with E-state index < -0.39 is 10.8 Å². The first-order valence-corrected chi connectivity index (χ1v) is 21.5. The summed E-state index contributed by atoms with van der Waals surface area (Å²) in [6, 6.07) is 87.2. The first kappa shape index (κ1) is 34.9. The van der Waals surface area contributed by atoms with Crippen LogP contribution in [0.5, 0.6) is 11.5 Å². The van der Waals surface area contributed by atoms with Crippen molar-refractivity contribution < 1.29 is 4.74 Å². The van der Waals surface area contributed by atoms with Crippen molar-refractivity contribution in [2.75, 3.05) is 4.90 Å². The van der Waals surface area contributed by atoms with E-state index in [0.29, 0.717) is 0 Å². The number of nitrogens with zero attached hydrogens (tertiary/aromatic N) is 1. The summed E-state index contributed by atoms with van der Waals surface area (Å²) in [5.41, 5.74) is 17.0. The van der Waals surface area contributed by atoms with Gasteiger partial charge in [-0.3, -0.25) is 0 Å². The molecule has 1 spiro atoms. The number of benzene rings is 10. The zero-order chi connectivity index (χ0) is 40.8. The molecule has 0 N–H and O–H groups in total. The normalized spacial score (nSPS) is 15.7. The minimum atomic E-state index is -0.631. The molecule has 1 unspecified atom stereocenters. The van der Waals surface area contributed by atoms with E-state index >= 15 is 0 Å². The van der Waals surface area contributed by atoms with Crippen LogP contribution in [0.15, 0.2) is 237 Å². The number of para-hydroxylation sites is 4. The molecule has 1 heterocycles. The summed E-state index contributed by atoms with van der Waals surface area (Å²) in [6.45, 7) is 0. The number of hydrogen-bond donors (Lipinski definition) is 0. The van der Waals surface area contributed by atoms with Crippen molar-refractivity contribution in [3.05, 3.63) is 281 Å². The minimum absolute atomic E-state index is 0.592. The van der Waals surface area contributed by atoms with E-state index in [1.54, 1.807) is 0 Å². The standard InChI is InChI=1S/C60H39NO/c1-3-21-42(22-4-1)59(49-27-11-10-26-46(49)48-37-40-19-7-8-20-41(40)38-54(48)59)51-29-13-16-32-56(51)61(43-23-5-2-6-24-43)44-35-36-47-45-25-9-12-28-50(45)60(55(47)39-44)52-30-14-17-33-57(52)62-58-34-18-15-31-53(58)60/h1-39H. The number of ether oxygens (including phenoxy) is 1. The van der Waals surface area contributed by atoms with Crippen LogP contribution in [0.3, 0.4) is 0 Å². The average Bonchev–Trinajstić information content (AvgIpc) is 3.79. The fourth-order valence-corrected chi connectivity index (χ4v) is 11.4. The van der Waals surface area contributed by atoms with Gasteiger partial charge in [-0.25, -0.2) is 0 Å². The van der Waals surface area contributed by atoms with Crippen molar-refractivity contribution in [2.24, 2.45) is 0 Å². The van der Waals surface area contributed by atoms with E-state index in [2.05, 4.69) is 241 Å². The number of rotatable bonds is 5. The predicted octanol–water partition coefficient (Wildman–Crippen LogP) is 15.1. The van der Waals surface area contributed by atoms with Gasteiger partial charge >= 0.3 is 0 Å². The molecule has 1 aliphatic heterocycles. The number of hydrogen-bond acceptors (Lipinski definition) is 2. The molecule has 0 radical (unpaired) electrons. The minimum Gasteiger partial charge on any atom is -0.457 e. The van der Waals surface area contributed by atoms with Crippen molar-refractivity contribution in [2.45, 2.75) is 10.8 Å². The number of anilines is 3. The Kier molecular flexibility index (Phi) is 7.47. The molecule has 2 nitrogen and oxygen atoms in total. The zero-order valence-electron chi connectivity index (χ0n) is 33.9. The van der Waals surface area contributed by atoms with Gasteiger partial charge in [0.05, 0.1) is 16.5 Å². The Hall–Kier alpha value is -7.94. The molecular formula is C60H39NO. The Balaban J connectivity index is 1.12. The lowest BCUT2D eigenvalue weighted by molar-refractivity contribution is 0.436. The lowest BCUT2D eigenvalue weighted by atomic mass is 9.66. The molecule has 0 fully saturated rings. The summed E-state index contributed by atoms with van der Waals surface area (Å²) < 4.78 is 6.71. The summed E-state index contributed by atoms with van der Waals surface area (Å²) in [7, 11) is 0. The van der Waals surface area contributed by atoms with E-state index in [1.165, 1.54) is 66.4 Å². The molecule has 62 heavy (non-hydrogen) atoms. The van der Waals surface area contributed by atoms with Crippen molar-refractivity contribution in [1.29, 1.82) is 0 Å². The molecule has 10 aromatic carbocycles. The average molecular weight is 790 g/mol. The van der Waals surface area contributed by atoms with Gasteiger partial charge in [-0.1, -0.05) is 182 Å². The third kappa shape index (κ3) is 4.64. The molecule has 13 rings (SSSR count). The Morgan fingerprint density at radius 2 is 0.774 bits per heavy atom. The monoisotopic (exact) mass is 789 g/mol. The molecule has 2 heteroatoms. The van der Waals surface area contributed by atoms with Crippen LogP contribution in [0.25, 0.3) is 33.0 Å². The highest BCUT2D eigenvalue weighted by Crippen LogP contribution is 2.64. The molecule has 0 bridgehead atoms. The SMILES string of the molecule is c1ccc(N(c2ccc3c(c2)C2(c4ccccc4Oc4ccccc42)c2ccccc2-3)c2ccccc2C2(c3ccccc3)c3ccccc3-c3cc4ccccc4cc32)cc1. The highest BCUT2D eigenvalue weighted by atomic mass is 16.5. The molecule has 3 aliphatic rings. The second kappa shape index (κ2) is 13.3. The maximum absolute atomic E-state index is 6.71. The Morgan fingerprint density at radius 1 is 0.290 bits per heavy atom. The van der Waals surface area contributed by atoms with E-state index in [0.717, 1.165) is 39.7 Å². The molecule has 1 atom stereocenters. The van der Waals surface area contributed by atoms with Gasteiger partial charge in [0.1, 0.15) is 11.5 Å². The van der Waals surface area contributed by atoms with E-state index in [1.807, 2.05) is 0 Å². The largest absolute Gasteiger partial charge is 0.457 e. The maximum Gasteiger partial charge on any atom is 0.132 e. The summed E-state index contributed by atoms with van der Waals surface area (Å²) in [5, 5.41) is 2.48. The Labute approximate surface area is 361 Å². The van der Waals surface area contributed by atoms with Gasteiger partial charge in [-0.05, 0) is 121 Å². The van der Waals surface area contributed by atoms with Gasteiger partial charge in [-0.2, -0.15) is 0 Å². The summed E-state index contributed by atoms with van der Waals surface area (Å²) in [6.07, 6.45) is 0. The van der Waals surface area contributed by atoms with Crippen LogP contribution in [0.4, 0.5) is 17.1 Å². The first-order chi connectivity index (χ1) is 30.8. The molecule has 0 saturated carbocycles. The van der Waals surface area contributed by atoms with Crippen molar-refractivity contribution in [3.8, 4) is 33.8 Å². The predicted molar refractivity (Wildman–Crippen MR) is 253 cm³/mol. The van der Waals surface area contributed by atoms with Gasteiger partial charge in [0.15, 0.2) is 0 Å². The molecule has 0 saturated heterocycles. The lowest BCUT2D eigenvalue weighted by Crippen LogP contribution is -2.32. The smallest absolute Gasteiger partial charge is 0.132 e. The second-order valence-corrected chi connectivity index (χ2v) is 16.7. The highest BCUT2D eigenvalue weighted by molar-refractivity contribution is 5.98. The molecule has 290 valence electrons. The van der Waals surface area contributed by atoms with E-state index in [-0.39, 0.29) is 0 Å². The molecule has 0 amide bonds. The molecule has 10 aromatic rings. The number of fused-ring (bicyclic) bond motifs is 13. The van der Waals surface area contributed by atoms with Crippen LogP contribution in [0, 0.1) is 0 Å². The molecule has 2 aliphatic carbocycles. The van der Waals surface area contributed by atoms with E-state index in [9.17, 15) is 0 Å². The summed E-state index contributed by atoms with van der Waals surface area (Å²) in [4.78, 5) is 2.50. The highest BCUT2D eigenvalue weighted by Gasteiger charge is 2.52. The second-order valence-electron chi connectivity index (χ2n) is 16.7. The third-order valence-electron chi connectivity index (χ3n) is 13.8. The molecule has 0 aromatic heterocycles. The topological polar surface area (TPSA) is 12.5 Å². The lowest BCUT2D eigenvalue weighted by Gasteiger charge is -2.40. The van der Waals surface area contributed by atoms with Crippen LogP contribution >= 0.6 is 0 Å². The van der Waals surface area contributed by atoms with Gasteiger partial charge in [0.25, 0.3) is 0 Å². The van der Waals surface area contributed by atoms with Crippen molar-refractivity contribution in [1.82, 2.24) is 0 Å². The zero-order valence-corrected chi connectivity index (χ0v) is 33.9. The van der Waals surface area contributed by atoms with Gasteiger partial charge in [-0.15, -0.1) is 0 Å². The van der Waals surface area contributed by atoms with Crippen LogP contribution in [0.2, 0.25) is 0 Å². The van der Waals surface area contributed by atoms with Gasteiger partial charge in [0, 0.05) is 22.5 Å². The van der Waals surface area contributed by atoms with Crippen molar-refractivity contribution >= 4 is 27.8 Å². The van der Waals surface area contributed by atoms with Crippen LogP contribution in [0.1, 0.15) is 44.5 Å². The van der Waals surface area contributed by atoms with Crippen molar-refractivity contribution in [3.63, 3.8) is 0 Å². The van der Waals surface area contributed by atoms with Gasteiger partial charge in [0.2, 0.25) is 0 Å². The third-order valence-corrected chi connectivity index (χ3v) is 13.8. The van der Waals surface area contributed by atoms with Gasteiger partial charge < -0.3 is 9.64 Å². The van der Waals surface area contributed by atoms with E-state index in [4.69, 9.17) is 4.74 Å². The maximum atomic E-state index is 6.71.